The van der Waals surface area contributed by atoms with Crippen LogP contribution in [0.1, 0.15) is 53.8 Å². The number of aromatic nitrogens is 2. The van der Waals surface area contributed by atoms with Gasteiger partial charge in [0.15, 0.2) is 11.5 Å². The molecule has 190 valence electrons. The Morgan fingerprint density at radius 2 is 2.00 bits per heavy atom. The highest BCUT2D eigenvalue weighted by Gasteiger charge is 2.29. The van der Waals surface area contributed by atoms with E-state index in [-0.39, 0.29) is 18.2 Å². The molecule has 0 radical (unpaired) electrons. The van der Waals surface area contributed by atoms with Crippen molar-refractivity contribution in [3.63, 3.8) is 0 Å². The van der Waals surface area contributed by atoms with E-state index in [1.807, 2.05) is 25.1 Å². The fourth-order valence-corrected chi connectivity index (χ4v) is 5.53. The average Bonchev–Trinajstić information content (AvgIpc) is 3.21. The largest absolute Gasteiger partial charge is 0.486 e. The zero-order valence-electron chi connectivity index (χ0n) is 20.9. The van der Waals surface area contributed by atoms with Crippen molar-refractivity contribution in [2.45, 2.75) is 57.4 Å². The number of piperidine rings is 1. The number of methoxy groups -OCH3 is 1. The van der Waals surface area contributed by atoms with Gasteiger partial charge in [0.25, 0.3) is 0 Å². The maximum absolute atomic E-state index is 12.1. The fourth-order valence-electron chi connectivity index (χ4n) is 5.53. The molecule has 8 heteroatoms. The summed E-state index contributed by atoms with van der Waals surface area (Å²) in [5, 5.41) is 0. The summed E-state index contributed by atoms with van der Waals surface area (Å²) in [6.45, 7) is 6.94. The Hall–Kier alpha value is -3.10. The third-order valence-electron chi connectivity index (χ3n) is 7.62. The molecule has 36 heavy (non-hydrogen) atoms. The van der Waals surface area contributed by atoms with Crippen LogP contribution in [-0.2, 0) is 22.6 Å². The van der Waals surface area contributed by atoms with Gasteiger partial charge in [0.2, 0.25) is 0 Å². The second kappa shape index (κ2) is 9.75. The van der Waals surface area contributed by atoms with Gasteiger partial charge in [-0.2, -0.15) is 0 Å². The minimum atomic E-state index is -0.333. The van der Waals surface area contributed by atoms with Crippen molar-refractivity contribution in [2.24, 2.45) is 0 Å². The summed E-state index contributed by atoms with van der Waals surface area (Å²) < 4.78 is 25.0. The minimum Gasteiger partial charge on any atom is -0.486 e. The summed E-state index contributed by atoms with van der Waals surface area (Å²) in [7, 11) is 1.41. The van der Waals surface area contributed by atoms with E-state index < -0.39 is 0 Å². The molecule has 4 heterocycles. The van der Waals surface area contributed by atoms with Crippen LogP contribution in [0.15, 0.2) is 36.4 Å². The number of benzene rings is 2. The normalized spacial score (nSPS) is 22.4. The van der Waals surface area contributed by atoms with E-state index in [0.717, 1.165) is 80.4 Å². The maximum atomic E-state index is 12.1. The van der Waals surface area contributed by atoms with Crippen LogP contribution in [0.2, 0.25) is 0 Å². The third kappa shape index (κ3) is 4.44. The number of carbonyl (C=O) groups is 1. The lowest BCUT2D eigenvalue weighted by atomic mass is 9.88. The SMILES string of the molecule is COC(=O)c1ccc2nc(CN3CCC(c4cccc5c4OCC(C)O5)CC3)n(CC3CCO3)c2c1. The number of hydrogen-bond acceptors (Lipinski definition) is 7. The van der Waals surface area contributed by atoms with Crippen LogP contribution in [0.25, 0.3) is 11.0 Å². The number of ether oxygens (including phenoxy) is 4. The maximum Gasteiger partial charge on any atom is 0.337 e. The lowest BCUT2D eigenvalue weighted by Crippen LogP contribution is -2.35. The first-order chi connectivity index (χ1) is 17.6. The monoisotopic (exact) mass is 491 g/mol. The Morgan fingerprint density at radius 1 is 1.17 bits per heavy atom. The van der Waals surface area contributed by atoms with E-state index in [9.17, 15) is 4.79 Å². The fraction of sp³-hybridized carbons (Fsp3) is 0.500. The molecule has 0 aliphatic carbocycles. The van der Waals surface area contributed by atoms with Gasteiger partial charge in [0.1, 0.15) is 18.5 Å². The van der Waals surface area contributed by atoms with Crippen molar-refractivity contribution in [3.8, 4) is 11.5 Å². The summed E-state index contributed by atoms with van der Waals surface area (Å²) in [6.07, 6.45) is 3.46. The van der Waals surface area contributed by atoms with Gasteiger partial charge in [-0.05, 0) is 69.5 Å². The molecule has 3 aliphatic rings. The molecular weight excluding hydrogens is 458 g/mol. The van der Waals surface area contributed by atoms with Gasteiger partial charge < -0.3 is 23.5 Å². The van der Waals surface area contributed by atoms with Crippen molar-refractivity contribution >= 4 is 17.0 Å². The third-order valence-corrected chi connectivity index (χ3v) is 7.62. The molecule has 1 aromatic heterocycles. The molecule has 2 aromatic carbocycles. The Balaban J connectivity index is 1.19. The van der Waals surface area contributed by atoms with E-state index in [4.69, 9.17) is 23.9 Å². The van der Waals surface area contributed by atoms with Crippen molar-refractivity contribution in [2.75, 3.05) is 33.4 Å². The molecule has 2 unspecified atom stereocenters. The number of nitrogens with zero attached hydrogens (tertiary/aromatic N) is 3. The molecule has 0 amide bonds. The number of carbonyl (C=O) groups excluding carboxylic acids is 1. The molecule has 0 saturated carbocycles. The van der Waals surface area contributed by atoms with Crippen LogP contribution < -0.4 is 9.47 Å². The van der Waals surface area contributed by atoms with Gasteiger partial charge >= 0.3 is 5.97 Å². The molecule has 8 nitrogen and oxygen atoms in total. The summed E-state index contributed by atoms with van der Waals surface area (Å²) in [5.74, 6) is 2.94. The van der Waals surface area contributed by atoms with Crippen LogP contribution in [0, 0.1) is 0 Å². The van der Waals surface area contributed by atoms with Gasteiger partial charge in [0.05, 0.1) is 42.9 Å². The topological polar surface area (TPSA) is 75.0 Å². The van der Waals surface area contributed by atoms with Crippen LogP contribution in [0.5, 0.6) is 11.5 Å². The van der Waals surface area contributed by atoms with Crippen LogP contribution in [0.4, 0.5) is 0 Å². The molecular formula is C28H33N3O5. The molecule has 2 atom stereocenters. The first-order valence-electron chi connectivity index (χ1n) is 12.9. The number of likely N-dealkylation sites (tertiary alicyclic amines) is 1. The summed E-state index contributed by atoms with van der Waals surface area (Å²) in [4.78, 5) is 19.6. The van der Waals surface area contributed by atoms with E-state index in [1.165, 1.54) is 12.7 Å². The van der Waals surface area contributed by atoms with Crippen molar-refractivity contribution in [1.82, 2.24) is 14.5 Å². The van der Waals surface area contributed by atoms with Gasteiger partial charge in [0, 0.05) is 12.2 Å². The smallest absolute Gasteiger partial charge is 0.337 e. The van der Waals surface area contributed by atoms with Crippen LogP contribution in [0.3, 0.4) is 0 Å². The standard InChI is InChI=1S/C28H33N3O5/c1-18-17-35-27-22(4-3-5-25(27)36-18)19-8-11-30(12-9-19)16-26-29-23-7-6-20(28(32)33-2)14-24(23)31(26)15-21-10-13-34-21/h3-7,14,18-19,21H,8-13,15-17H2,1-2H3. The van der Waals surface area contributed by atoms with Gasteiger partial charge in [-0.1, -0.05) is 12.1 Å². The molecule has 2 saturated heterocycles. The zero-order valence-corrected chi connectivity index (χ0v) is 20.9. The van der Waals surface area contributed by atoms with E-state index in [0.29, 0.717) is 18.1 Å². The number of fused-ring (bicyclic) bond motifs is 2. The summed E-state index contributed by atoms with van der Waals surface area (Å²) in [6, 6.07) is 11.9. The van der Waals surface area contributed by atoms with Crippen LogP contribution in [-0.4, -0.2) is 66.0 Å². The Labute approximate surface area is 211 Å². The number of hydrogen-bond donors (Lipinski definition) is 0. The highest BCUT2D eigenvalue weighted by Crippen LogP contribution is 2.42. The predicted octanol–water partition coefficient (Wildman–Crippen LogP) is 4.15. The second-order valence-electron chi connectivity index (χ2n) is 10.1. The zero-order chi connectivity index (χ0) is 24.6. The summed E-state index contributed by atoms with van der Waals surface area (Å²) >= 11 is 0. The van der Waals surface area contributed by atoms with E-state index >= 15 is 0 Å². The number of esters is 1. The van der Waals surface area contributed by atoms with E-state index in [2.05, 4.69) is 21.6 Å². The highest BCUT2D eigenvalue weighted by molar-refractivity contribution is 5.93. The highest BCUT2D eigenvalue weighted by atomic mass is 16.6. The molecule has 2 fully saturated rings. The Bertz CT molecular complexity index is 1260. The number of para-hydroxylation sites is 1. The minimum absolute atomic E-state index is 0.0860. The second-order valence-corrected chi connectivity index (χ2v) is 10.1. The molecule has 3 aromatic rings. The van der Waals surface area contributed by atoms with Gasteiger partial charge in [-0.25, -0.2) is 9.78 Å². The lowest BCUT2D eigenvalue weighted by Gasteiger charge is -2.34. The van der Waals surface area contributed by atoms with Crippen molar-refractivity contribution in [3.05, 3.63) is 53.3 Å². The number of imidazole rings is 1. The van der Waals surface area contributed by atoms with Gasteiger partial charge in [-0.3, -0.25) is 4.90 Å². The van der Waals surface area contributed by atoms with Crippen molar-refractivity contribution in [1.29, 1.82) is 0 Å². The molecule has 3 aliphatic heterocycles. The quantitative estimate of drug-likeness (QED) is 0.480. The Morgan fingerprint density at radius 3 is 2.75 bits per heavy atom. The molecule has 0 spiro atoms. The molecule has 0 N–H and O–H groups in total. The molecule has 6 rings (SSSR count). The first-order valence-corrected chi connectivity index (χ1v) is 12.9. The first kappa shape index (κ1) is 23.3. The predicted molar refractivity (Wildman–Crippen MR) is 135 cm³/mol. The van der Waals surface area contributed by atoms with Crippen LogP contribution >= 0.6 is 0 Å². The average molecular weight is 492 g/mol. The Kier molecular flexibility index (Phi) is 6.31. The summed E-state index contributed by atoms with van der Waals surface area (Å²) in [5.41, 5.74) is 3.67. The van der Waals surface area contributed by atoms with E-state index in [1.54, 1.807) is 6.07 Å². The van der Waals surface area contributed by atoms with Gasteiger partial charge in [-0.15, -0.1) is 0 Å². The molecule has 0 bridgehead atoms. The van der Waals surface area contributed by atoms with Crippen molar-refractivity contribution < 1.29 is 23.7 Å². The number of rotatable bonds is 6. The lowest BCUT2D eigenvalue weighted by molar-refractivity contribution is -0.0592.